The average Bonchev–Trinajstić information content (AvgIpc) is 2.72. The Hall–Kier alpha value is -1.16. The van der Waals surface area contributed by atoms with Crippen molar-refractivity contribution in [3.63, 3.8) is 0 Å². The topological polar surface area (TPSA) is 38.1 Å². The zero-order chi connectivity index (χ0) is 11.4. The number of nitrogens with zero attached hydrogens (tertiary/aromatic N) is 3. The molecule has 4 heteroatoms. The van der Waals surface area contributed by atoms with E-state index in [2.05, 4.69) is 14.5 Å². The fourth-order valence-corrected chi connectivity index (χ4v) is 2.30. The van der Waals surface area contributed by atoms with Crippen LogP contribution in [0.15, 0.2) is 12.4 Å². The molecule has 1 aliphatic rings. The van der Waals surface area contributed by atoms with Crippen molar-refractivity contribution < 1.29 is 4.79 Å². The van der Waals surface area contributed by atoms with E-state index in [1.165, 1.54) is 0 Å². The Morgan fingerprint density at radius 1 is 1.62 bits per heavy atom. The van der Waals surface area contributed by atoms with Crippen LogP contribution in [0.3, 0.4) is 0 Å². The lowest BCUT2D eigenvalue weighted by Crippen LogP contribution is -2.37. The van der Waals surface area contributed by atoms with Crippen molar-refractivity contribution in [1.29, 1.82) is 0 Å². The predicted octanol–water partition coefficient (Wildman–Crippen LogP) is 0.873. The maximum atomic E-state index is 10.7. The molecule has 1 fully saturated rings. The number of piperidine rings is 1. The molecule has 0 aromatic carbocycles. The molecule has 0 saturated carbocycles. The first-order chi connectivity index (χ1) is 7.79. The molecule has 2 heterocycles. The van der Waals surface area contributed by atoms with Crippen LogP contribution in [-0.2, 0) is 18.3 Å². The number of imidazole rings is 1. The van der Waals surface area contributed by atoms with Gasteiger partial charge in [0.25, 0.3) is 0 Å². The van der Waals surface area contributed by atoms with E-state index >= 15 is 0 Å². The van der Waals surface area contributed by atoms with Gasteiger partial charge in [0, 0.05) is 44.9 Å². The first kappa shape index (κ1) is 11.3. The summed E-state index contributed by atoms with van der Waals surface area (Å²) in [4.78, 5) is 17.4. The molecule has 1 unspecified atom stereocenters. The molecule has 1 aromatic rings. The molecule has 88 valence electrons. The monoisotopic (exact) mass is 221 g/mol. The van der Waals surface area contributed by atoms with Crippen LogP contribution in [0, 0.1) is 5.92 Å². The normalized spacial score (nSPS) is 22.2. The van der Waals surface area contributed by atoms with Crippen LogP contribution in [0.4, 0.5) is 0 Å². The van der Waals surface area contributed by atoms with Crippen molar-refractivity contribution in [2.75, 3.05) is 19.6 Å². The van der Waals surface area contributed by atoms with Crippen LogP contribution in [-0.4, -0.2) is 40.4 Å². The number of hydrogen-bond acceptors (Lipinski definition) is 3. The van der Waals surface area contributed by atoms with E-state index in [4.69, 9.17) is 0 Å². The number of aldehydes is 1. The van der Waals surface area contributed by atoms with Gasteiger partial charge >= 0.3 is 0 Å². The van der Waals surface area contributed by atoms with Crippen molar-refractivity contribution in [3.8, 4) is 0 Å². The molecular weight excluding hydrogens is 202 g/mol. The molecule has 1 aromatic heterocycles. The molecule has 0 spiro atoms. The van der Waals surface area contributed by atoms with Gasteiger partial charge in [-0.1, -0.05) is 0 Å². The van der Waals surface area contributed by atoms with Gasteiger partial charge in [0.15, 0.2) is 0 Å². The van der Waals surface area contributed by atoms with Gasteiger partial charge in [-0.25, -0.2) is 4.98 Å². The van der Waals surface area contributed by atoms with Crippen molar-refractivity contribution in [2.24, 2.45) is 13.0 Å². The third-order valence-electron chi connectivity index (χ3n) is 3.31. The maximum absolute atomic E-state index is 10.7. The molecule has 2 rings (SSSR count). The second kappa shape index (κ2) is 5.25. The SMILES string of the molecule is Cn1ccnc1CCN1CCCC(C=O)C1. The zero-order valence-electron chi connectivity index (χ0n) is 9.80. The number of likely N-dealkylation sites (tertiary alicyclic amines) is 1. The highest BCUT2D eigenvalue weighted by molar-refractivity contribution is 5.53. The smallest absolute Gasteiger partial charge is 0.124 e. The van der Waals surface area contributed by atoms with Gasteiger partial charge < -0.3 is 14.3 Å². The number of aryl methyl sites for hydroxylation is 1. The van der Waals surface area contributed by atoms with Crippen LogP contribution in [0.5, 0.6) is 0 Å². The van der Waals surface area contributed by atoms with Crippen molar-refractivity contribution >= 4 is 6.29 Å². The number of rotatable bonds is 4. The van der Waals surface area contributed by atoms with Gasteiger partial charge in [0.2, 0.25) is 0 Å². The Kier molecular flexibility index (Phi) is 3.72. The van der Waals surface area contributed by atoms with Crippen molar-refractivity contribution in [3.05, 3.63) is 18.2 Å². The minimum Gasteiger partial charge on any atom is -0.338 e. The predicted molar refractivity (Wildman–Crippen MR) is 62.1 cm³/mol. The van der Waals surface area contributed by atoms with Gasteiger partial charge in [0.1, 0.15) is 12.1 Å². The molecule has 1 saturated heterocycles. The van der Waals surface area contributed by atoms with Gasteiger partial charge in [-0.15, -0.1) is 0 Å². The number of aromatic nitrogens is 2. The van der Waals surface area contributed by atoms with Crippen LogP contribution in [0.25, 0.3) is 0 Å². The van der Waals surface area contributed by atoms with E-state index in [0.717, 1.165) is 51.0 Å². The van der Waals surface area contributed by atoms with E-state index < -0.39 is 0 Å². The standard InChI is InChI=1S/C12H19N3O/c1-14-8-5-13-12(14)4-7-15-6-2-3-11(9-15)10-16/h5,8,10-11H,2-4,6-7,9H2,1H3. The van der Waals surface area contributed by atoms with Crippen LogP contribution in [0.1, 0.15) is 18.7 Å². The summed E-state index contributed by atoms with van der Waals surface area (Å²) in [5.41, 5.74) is 0. The Balaban J connectivity index is 1.81. The Bertz CT molecular complexity index is 348. The van der Waals surface area contributed by atoms with Crippen molar-refractivity contribution in [2.45, 2.75) is 19.3 Å². The number of carbonyl (C=O) groups excluding carboxylic acids is 1. The first-order valence-corrected chi connectivity index (χ1v) is 5.93. The van der Waals surface area contributed by atoms with Gasteiger partial charge in [-0.3, -0.25) is 0 Å². The lowest BCUT2D eigenvalue weighted by atomic mass is 10.00. The Labute approximate surface area is 96.3 Å². The summed E-state index contributed by atoms with van der Waals surface area (Å²) in [6.07, 6.45) is 8.08. The molecule has 0 radical (unpaired) electrons. The molecule has 0 aliphatic carbocycles. The van der Waals surface area contributed by atoms with E-state index in [-0.39, 0.29) is 5.92 Å². The summed E-state index contributed by atoms with van der Waals surface area (Å²) >= 11 is 0. The largest absolute Gasteiger partial charge is 0.338 e. The summed E-state index contributed by atoms with van der Waals surface area (Å²) in [5, 5.41) is 0. The summed E-state index contributed by atoms with van der Waals surface area (Å²) in [6, 6.07) is 0. The van der Waals surface area contributed by atoms with Gasteiger partial charge in [0.05, 0.1) is 0 Å². The maximum Gasteiger partial charge on any atom is 0.124 e. The average molecular weight is 221 g/mol. The Morgan fingerprint density at radius 2 is 2.50 bits per heavy atom. The summed E-state index contributed by atoms with van der Waals surface area (Å²) in [6.45, 7) is 3.05. The van der Waals surface area contributed by atoms with Crippen LogP contribution < -0.4 is 0 Å². The highest BCUT2D eigenvalue weighted by Gasteiger charge is 2.18. The summed E-state index contributed by atoms with van der Waals surface area (Å²) in [7, 11) is 2.02. The lowest BCUT2D eigenvalue weighted by Gasteiger charge is -2.29. The van der Waals surface area contributed by atoms with Gasteiger partial charge in [-0.2, -0.15) is 0 Å². The highest BCUT2D eigenvalue weighted by Crippen LogP contribution is 2.14. The molecule has 16 heavy (non-hydrogen) atoms. The molecule has 4 nitrogen and oxygen atoms in total. The quantitative estimate of drug-likeness (QED) is 0.708. The zero-order valence-corrected chi connectivity index (χ0v) is 9.80. The number of hydrogen-bond donors (Lipinski definition) is 0. The second-order valence-corrected chi connectivity index (χ2v) is 4.54. The molecule has 0 amide bonds. The number of carbonyl (C=O) groups is 1. The summed E-state index contributed by atoms with van der Waals surface area (Å²) < 4.78 is 2.06. The molecular formula is C12H19N3O. The Morgan fingerprint density at radius 3 is 3.19 bits per heavy atom. The van der Waals surface area contributed by atoms with E-state index in [1.807, 2.05) is 19.4 Å². The fraction of sp³-hybridized carbons (Fsp3) is 0.667. The lowest BCUT2D eigenvalue weighted by molar-refractivity contribution is -0.112. The van der Waals surface area contributed by atoms with Crippen molar-refractivity contribution in [1.82, 2.24) is 14.5 Å². The molecule has 1 aliphatic heterocycles. The van der Waals surface area contributed by atoms with Crippen LogP contribution in [0.2, 0.25) is 0 Å². The van der Waals surface area contributed by atoms with E-state index in [1.54, 1.807) is 0 Å². The first-order valence-electron chi connectivity index (χ1n) is 5.93. The minimum absolute atomic E-state index is 0.245. The third-order valence-corrected chi connectivity index (χ3v) is 3.31. The molecule has 0 N–H and O–H groups in total. The van der Waals surface area contributed by atoms with Gasteiger partial charge in [-0.05, 0) is 19.4 Å². The van der Waals surface area contributed by atoms with E-state index in [0.29, 0.717) is 0 Å². The third kappa shape index (κ3) is 2.70. The molecule has 1 atom stereocenters. The van der Waals surface area contributed by atoms with E-state index in [9.17, 15) is 4.79 Å². The molecule has 0 bridgehead atoms. The summed E-state index contributed by atoms with van der Waals surface area (Å²) in [5.74, 6) is 1.36. The minimum atomic E-state index is 0.245. The highest BCUT2D eigenvalue weighted by atomic mass is 16.1. The fourth-order valence-electron chi connectivity index (χ4n) is 2.30. The van der Waals surface area contributed by atoms with Crippen LogP contribution >= 0.6 is 0 Å². The second-order valence-electron chi connectivity index (χ2n) is 4.54.